The Balaban J connectivity index is 1.27. The zero-order valence-electron chi connectivity index (χ0n) is 50.9. The normalized spacial score (nSPS) is 11.5. The van der Waals surface area contributed by atoms with Crippen LogP contribution in [0.3, 0.4) is 0 Å². The molecule has 0 aliphatic rings. The van der Waals surface area contributed by atoms with Gasteiger partial charge in [0.25, 0.3) is 0 Å². The van der Waals surface area contributed by atoms with Crippen molar-refractivity contribution >= 4 is 89.0 Å². The second-order valence-corrected chi connectivity index (χ2v) is 25.2. The van der Waals surface area contributed by atoms with Gasteiger partial charge in [0.1, 0.15) is 22.1 Å². The van der Waals surface area contributed by atoms with Crippen LogP contribution in [-0.4, -0.2) is 45.1 Å². The number of rotatable bonds is 40. The fourth-order valence-corrected chi connectivity index (χ4v) is 12.9. The summed E-state index contributed by atoms with van der Waals surface area (Å²) in [5.74, 6) is 17.0. The summed E-state index contributed by atoms with van der Waals surface area (Å²) in [5, 5.41) is 7.95. The van der Waals surface area contributed by atoms with E-state index in [-0.39, 0.29) is 0 Å². The first-order valence-electron chi connectivity index (χ1n) is 32.6. The molecule has 0 amide bonds. The first kappa shape index (κ1) is 63.6. The molecular weight excluding hydrogens is 1080 g/mol. The summed E-state index contributed by atoms with van der Waals surface area (Å²) in [4.78, 5) is 13.4. The molecule has 4 heterocycles. The molecule has 83 heavy (non-hydrogen) atoms. The summed E-state index contributed by atoms with van der Waals surface area (Å²) in [6.45, 7) is 11.6. The summed E-state index contributed by atoms with van der Waals surface area (Å²) in [7, 11) is 0. The number of benzene rings is 4. The highest BCUT2D eigenvalue weighted by Gasteiger charge is 2.24. The van der Waals surface area contributed by atoms with Gasteiger partial charge in [-0.2, -0.15) is 8.75 Å². The van der Waals surface area contributed by atoms with E-state index in [0.717, 1.165) is 117 Å². The van der Waals surface area contributed by atoms with Crippen molar-refractivity contribution in [1.82, 2.24) is 18.7 Å². The van der Waals surface area contributed by atoms with E-state index < -0.39 is 0 Å². The summed E-state index contributed by atoms with van der Waals surface area (Å²) in [6.07, 6.45) is 39.4. The van der Waals surface area contributed by atoms with Crippen LogP contribution in [0.5, 0.6) is 23.0 Å². The van der Waals surface area contributed by atoms with Crippen molar-refractivity contribution in [3.8, 4) is 46.7 Å². The third kappa shape index (κ3) is 19.3. The standard InChI is InChI=1S/C72H94N4O4S3/c1-5-9-13-17-21-25-29-33-45-77-63-51-59-60-52-64(78-46-34-30-26-22-18-14-10-6-2)66(80-48-36-32-28-24-20-16-12-8-4)54-62(60)70-69(61(59)53-65(63)79-47-35-31-27-23-19-15-11-7-3)73-67-57(43-41-55-39-37-49-81-55)71-72(76-83-75-71)58(68(67)74-70)44-42-56-40-38-50-82-56/h37-40,49-54H,5-36,45-48H2,1-4H3. The smallest absolute Gasteiger partial charge is 0.161 e. The summed E-state index contributed by atoms with van der Waals surface area (Å²) in [5.41, 5.74) is 5.52. The van der Waals surface area contributed by atoms with Gasteiger partial charge in [-0.25, -0.2) is 9.97 Å². The largest absolute Gasteiger partial charge is 0.490 e. The fraction of sp³-hybridized carbons (Fsp3) is 0.556. The van der Waals surface area contributed by atoms with Gasteiger partial charge in [0, 0.05) is 10.8 Å². The lowest BCUT2D eigenvalue weighted by Crippen LogP contribution is -2.05. The number of nitrogens with zero attached hydrogens (tertiary/aromatic N) is 4. The summed E-state index contributed by atoms with van der Waals surface area (Å²) < 4.78 is 37.4. The highest BCUT2D eigenvalue weighted by atomic mass is 32.1. The Bertz CT molecular complexity index is 3090. The molecule has 0 saturated carbocycles. The van der Waals surface area contributed by atoms with Crippen LogP contribution >= 0.6 is 34.4 Å². The van der Waals surface area contributed by atoms with Crippen LogP contribution in [0.1, 0.15) is 254 Å². The third-order valence-electron chi connectivity index (χ3n) is 16.0. The highest BCUT2D eigenvalue weighted by Crippen LogP contribution is 2.45. The van der Waals surface area contributed by atoms with Gasteiger partial charge in [-0.15, -0.1) is 22.7 Å². The van der Waals surface area contributed by atoms with Gasteiger partial charge in [-0.3, -0.25) is 0 Å². The van der Waals surface area contributed by atoms with Crippen molar-refractivity contribution in [1.29, 1.82) is 0 Å². The van der Waals surface area contributed by atoms with Gasteiger partial charge in [-0.1, -0.05) is 243 Å². The quantitative estimate of drug-likeness (QED) is 0.0162. The van der Waals surface area contributed by atoms with Crippen molar-refractivity contribution in [2.45, 2.75) is 233 Å². The van der Waals surface area contributed by atoms with Crippen molar-refractivity contribution in [3.05, 3.63) is 80.2 Å². The Morgan fingerprint density at radius 2 is 0.614 bits per heavy atom. The van der Waals surface area contributed by atoms with Gasteiger partial charge >= 0.3 is 0 Å². The number of aromatic nitrogens is 4. The van der Waals surface area contributed by atoms with Crippen LogP contribution in [0.15, 0.2) is 59.3 Å². The van der Waals surface area contributed by atoms with Crippen LogP contribution in [0.25, 0.3) is 54.6 Å². The zero-order chi connectivity index (χ0) is 57.5. The molecule has 0 atom stereocenters. The monoisotopic (exact) mass is 1170 g/mol. The molecule has 11 heteroatoms. The number of fused-ring (bicyclic) bond motifs is 8. The second-order valence-electron chi connectivity index (χ2n) is 22.8. The maximum absolute atomic E-state index is 6.89. The number of thiophene rings is 2. The predicted octanol–water partition coefficient (Wildman–Crippen LogP) is 22.1. The minimum Gasteiger partial charge on any atom is -0.490 e. The molecule has 0 saturated heterocycles. The van der Waals surface area contributed by atoms with Crippen LogP contribution in [-0.2, 0) is 0 Å². The molecule has 0 spiro atoms. The highest BCUT2D eigenvalue weighted by molar-refractivity contribution is 7.10. The summed E-state index contributed by atoms with van der Waals surface area (Å²) >= 11 is 4.40. The van der Waals surface area contributed by atoms with Crippen LogP contribution < -0.4 is 18.9 Å². The first-order valence-corrected chi connectivity index (χ1v) is 35.1. The molecule has 0 radical (unpaired) electrons. The fourth-order valence-electron chi connectivity index (χ4n) is 11.2. The minimum atomic E-state index is 0.606. The van der Waals surface area contributed by atoms with E-state index in [9.17, 15) is 0 Å². The Morgan fingerprint density at radius 1 is 0.325 bits per heavy atom. The molecule has 0 aliphatic carbocycles. The lowest BCUT2D eigenvalue weighted by atomic mass is 9.97. The van der Waals surface area contributed by atoms with E-state index in [1.54, 1.807) is 22.7 Å². The Hall–Kier alpha value is -5.46. The van der Waals surface area contributed by atoms with Gasteiger partial charge in [0.05, 0.1) is 70.1 Å². The van der Waals surface area contributed by atoms with E-state index in [2.05, 4.69) is 86.4 Å². The molecule has 8 aromatic rings. The zero-order valence-corrected chi connectivity index (χ0v) is 53.3. The molecule has 0 unspecified atom stereocenters. The topological polar surface area (TPSA) is 88.5 Å². The lowest BCUT2D eigenvalue weighted by molar-refractivity contribution is 0.258. The van der Waals surface area contributed by atoms with E-state index in [1.807, 2.05) is 24.3 Å². The summed E-state index contributed by atoms with van der Waals surface area (Å²) in [6, 6.07) is 16.9. The number of unbranched alkanes of at least 4 members (excludes halogenated alkanes) is 28. The molecule has 8 nitrogen and oxygen atoms in total. The van der Waals surface area contributed by atoms with Crippen molar-refractivity contribution in [3.63, 3.8) is 0 Å². The molecule has 4 aromatic heterocycles. The van der Waals surface area contributed by atoms with E-state index >= 15 is 0 Å². The number of hydrogen-bond donors (Lipinski definition) is 0. The average Bonchev–Trinajstić information content (AvgIpc) is 1.98. The van der Waals surface area contributed by atoms with Crippen molar-refractivity contribution < 1.29 is 18.9 Å². The molecule has 0 bridgehead atoms. The SMILES string of the molecule is CCCCCCCCCCOc1cc2c3cc(OCCCCCCCCCC)c(OCCCCCCCCCC)cc3c3nc4c(C#Cc5cccs5)c5nsnc5c(C#Cc5cccs5)c4nc3c2cc1OCCCCCCCCCC. The molecule has 4 aromatic carbocycles. The molecule has 0 aliphatic heterocycles. The van der Waals surface area contributed by atoms with E-state index in [1.165, 1.54) is 166 Å². The van der Waals surface area contributed by atoms with Gasteiger partial charge < -0.3 is 18.9 Å². The maximum atomic E-state index is 6.89. The Kier molecular flexibility index (Phi) is 27.9. The van der Waals surface area contributed by atoms with Crippen LogP contribution in [0.2, 0.25) is 0 Å². The molecule has 0 fully saturated rings. The predicted molar refractivity (Wildman–Crippen MR) is 356 cm³/mol. The van der Waals surface area contributed by atoms with Crippen LogP contribution in [0.4, 0.5) is 0 Å². The first-order chi connectivity index (χ1) is 41.1. The molecule has 444 valence electrons. The second kappa shape index (κ2) is 36.4. The van der Waals surface area contributed by atoms with Gasteiger partial charge in [0.15, 0.2) is 23.0 Å². The molecule has 0 N–H and O–H groups in total. The van der Waals surface area contributed by atoms with Crippen LogP contribution in [0, 0.1) is 23.7 Å². The third-order valence-corrected chi connectivity index (χ3v) is 18.1. The molecule has 8 rings (SSSR count). The van der Waals surface area contributed by atoms with Gasteiger partial charge in [0.2, 0.25) is 0 Å². The van der Waals surface area contributed by atoms with Crippen molar-refractivity contribution in [2.24, 2.45) is 0 Å². The van der Waals surface area contributed by atoms with Gasteiger partial charge in [-0.05, 0) is 83.6 Å². The Morgan fingerprint density at radius 3 is 0.904 bits per heavy atom. The average molecular weight is 1180 g/mol. The van der Waals surface area contributed by atoms with E-state index in [4.69, 9.17) is 37.7 Å². The minimum absolute atomic E-state index is 0.606. The lowest BCUT2D eigenvalue weighted by Gasteiger charge is -2.19. The number of hydrogen-bond acceptors (Lipinski definition) is 11. The molecular formula is C72H94N4O4S3. The maximum Gasteiger partial charge on any atom is 0.161 e. The number of ether oxygens (including phenoxy) is 4. The van der Waals surface area contributed by atoms with E-state index in [0.29, 0.717) is 59.6 Å². The Labute approximate surface area is 510 Å². The van der Waals surface area contributed by atoms with Crippen molar-refractivity contribution in [2.75, 3.05) is 26.4 Å².